The van der Waals surface area contributed by atoms with Gasteiger partial charge in [0.1, 0.15) is 12.2 Å². The van der Waals surface area contributed by atoms with E-state index < -0.39 is 5.60 Å². The van der Waals surface area contributed by atoms with Gasteiger partial charge in [0.25, 0.3) is 0 Å². The Labute approximate surface area is 115 Å². The van der Waals surface area contributed by atoms with Gasteiger partial charge in [0.15, 0.2) is 0 Å². The minimum atomic E-state index is -0.483. The normalized spacial score (nSPS) is 13.8. The van der Waals surface area contributed by atoms with Crippen molar-refractivity contribution in [3.8, 4) is 0 Å². The fourth-order valence-electron chi connectivity index (χ4n) is 1.99. The van der Waals surface area contributed by atoms with Gasteiger partial charge in [-0.15, -0.1) is 0 Å². The van der Waals surface area contributed by atoms with Crippen molar-refractivity contribution in [2.75, 3.05) is 26.9 Å². The summed E-state index contributed by atoms with van der Waals surface area (Å²) in [5.41, 5.74) is 0.583. The van der Waals surface area contributed by atoms with E-state index in [1.165, 1.54) is 0 Å². The second-order valence-electron chi connectivity index (χ2n) is 4.33. The van der Waals surface area contributed by atoms with E-state index in [9.17, 15) is 4.79 Å². The molecule has 4 heteroatoms. The Morgan fingerprint density at radius 3 is 2.47 bits per heavy atom. The Morgan fingerprint density at radius 1 is 1.26 bits per heavy atom. The van der Waals surface area contributed by atoms with E-state index in [4.69, 9.17) is 9.47 Å². The first-order valence-electron chi connectivity index (χ1n) is 6.63. The highest BCUT2D eigenvalue weighted by Crippen LogP contribution is 2.27. The molecular formula is C15H23NO3. The van der Waals surface area contributed by atoms with Crippen LogP contribution in [0.15, 0.2) is 30.3 Å². The van der Waals surface area contributed by atoms with Crippen molar-refractivity contribution in [2.45, 2.75) is 25.9 Å². The first-order chi connectivity index (χ1) is 9.18. The van der Waals surface area contributed by atoms with Crippen LogP contribution in [0, 0.1) is 0 Å². The summed E-state index contributed by atoms with van der Waals surface area (Å²) in [6.45, 7) is 4.98. The molecule has 106 valence electrons. The fourth-order valence-corrected chi connectivity index (χ4v) is 1.99. The van der Waals surface area contributed by atoms with E-state index in [2.05, 4.69) is 5.32 Å². The highest BCUT2D eigenvalue weighted by Gasteiger charge is 2.30. The maximum Gasteiger partial charge on any atom is 0.246 e. The van der Waals surface area contributed by atoms with Crippen LogP contribution in [0.2, 0.25) is 0 Å². The number of carbonyl (C=O) groups excluding carboxylic acids is 1. The number of hydrogen-bond acceptors (Lipinski definition) is 3. The number of nitrogens with one attached hydrogen (secondary N) is 1. The van der Waals surface area contributed by atoms with Gasteiger partial charge in [-0.2, -0.15) is 0 Å². The molecule has 4 nitrogen and oxygen atoms in total. The molecule has 0 fully saturated rings. The average Bonchev–Trinajstić information content (AvgIpc) is 2.48. The van der Waals surface area contributed by atoms with Gasteiger partial charge in [0.2, 0.25) is 5.91 Å². The maximum atomic E-state index is 11.6. The average molecular weight is 265 g/mol. The molecule has 1 rings (SSSR count). The summed E-state index contributed by atoms with van der Waals surface area (Å²) >= 11 is 0. The van der Waals surface area contributed by atoms with E-state index in [-0.39, 0.29) is 12.5 Å². The molecule has 0 radical (unpaired) electrons. The molecule has 0 heterocycles. The van der Waals surface area contributed by atoms with E-state index in [0.717, 1.165) is 12.0 Å². The van der Waals surface area contributed by atoms with E-state index in [0.29, 0.717) is 13.2 Å². The van der Waals surface area contributed by atoms with Gasteiger partial charge >= 0.3 is 0 Å². The second kappa shape index (κ2) is 7.92. The van der Waals surface area contributed by atoms with Gasteiger partial charge in [0.05, 0.1) is 6.54 Å². The third-order valence-electron chi connectivity index (χ3n) is 3.27. The number of hydrogen-bond donors (Lipinski definition) is 1. The summed E-state index contributed by atoms with van der Waals surface area (Å²) < 4.78 is 10.8. The Balaban J connectivity index is 2.70. The minimum Gasteiger partial charge on any atom is -0.372 e. The highest BCUT2D eigenvalue weighted by atomic mass is 16.5. The summed E-state index contributed by atoms with van der Waals surface area (Å²) in [5.74, 6) is -0.118. The molecule has 1 atom stereocenters. The van der Waals surface area contributed by atoms with Crippen LogP contribution in [0.25, 0.3) is 0 Å². The second-order valence-corrected chi connectivity index (χ2v) is 4.33. The summed E-state index contributed by atoms with van der Waals surface area (Å²) in [6.07, 6.45) is 0.780. The molecule has 0 bridgehead atoms. The highest BCUT2D eigenvalue weighted by molar-refractivity contribution is 5.77. The van der Waals surface area contributed by atoms with Gasteiger partial charge in [0, 0.05) is 13.7 Å². The van der Waals surface area contributed by atoms with Crippen LogP contribution in [0.1, 0.15) is 25.8 Å². The first-order valence-corrected chi connectivity index (χ1v) is 6.63. The number of rotatable bonds is 8. The standard InChI is InChI=1S/C15H23NO3/c1-4-15(18-3,13-9-7-6-8-10-13)12-16-14(17)11-19-5-2/h6-10H,4-5,11-12H2,1-3H3,(H,16,17)/t15-/m1/s1. The summed E-state index contributed by atoms with van der Waals surface area (Å²) in [7, 11) is 1.67. The largest absolute Gasteiger partial charge is 0.372 e. The third-order valence-corrected chi connectivity index (χ3v) is 3.27. The molecule has 19 heavy (non-hydrogen) atoms. The lowest BCUT2D eigenvalue weighted by molar-refractivity contribution is -0.127. The number of amides is 1. The molecule has 1 aromatic carbocycles. The summed E-state index contributed by atoms with van der Waals surface area (Å²) in [4.78, 5) is 11.6. The molecule has 1 N–H and O–H groups in total. The molecule has 0 aliphatic carbocycles. The first kappa shape index (κ1) is 15.7. The predicted octanol–water partition coefficient (Wildman–Crippen LogP) is 2.09. The topological polar surface area (TPSA) is 47.6 Å². The zero-order chi connectivity index (χ0) is 14.1. The lowest BCUT2D eigenvalue weighted by Gasteiger charge is -2.32. The molecule has 0 spiro atoms. The minimum absolute atomic E-state index is 0.0921. The molecule has 0 aliphatic heterocycles. The van der Waals surface area contributed by atoms with Crippen molar-refractivity contribution in [3.05, 3.63) is 35.9 Å². The number of methoxy groups -OCH3 is 1. The van der Waals surface area contributed by atoms with Crippen LogP contribution in [-0.4, -0.2) is 32.8 Å². The fraction of sp³-hybridized carbons (Fsp3) is 0.533. The van der Waals surface area contributed by atoms with Crippen LogP contribution in [0.3, 0.4) is 0 Å². The van der Waals surface area contributed by atoms with Crippen LogP contribution in [0.4, 0.5) is 0 Å². The number of ether oxygens (including phenoxy) is 2. The number of carbonyl (C=O) groups is 1. The monoisotopic (exact) mass is 265 g/mol. The zero-order valence-corrected chi connectivity index (χ0v) is 11.9. The van der Waals surface area contributed by atoms with Crippen molar-refractivity contribution in [2.24, 2.45) is 0 Å². The Hall–Kier alpha value is -1.39. The van der Waals surface area contributed by atoms with Crippen LogP contribution in [0.5, 0.6) is 0 Å². The molecule has 0 saturated heterocycles. The molecule has 1 amide bonds. The maximum absolute atomic E-state index is 11.6. The Bertz CT molecular complexity index is 374. The van der Waals surface area contributed by atoms with Gasteiger partial charge in [-0.05, 0) is 18.9 Å². The van der Waals surface area contributed by atoms with Crippen molar-refractivity contribution in [1.82, 2.24) is 5.32 Å². The SMILES string of the molecule is CCOCC(=O)NC[C@@](CC)(OC)c1ccccc1. The van der Waals surface area contributed by atoms with Crippen LogP contribution >= 0.6 is 0 Å². The molecule has 0 saturated carbocycles. The lowest BCUT2D eigenvalue weighted by Crippen LogP contribution is -2.43. The van der Waals surface area contributed by atoms with Crippen molar-refractivity contribution in [3.63, 3.8) is 0 Å². The van der Waals surface area contributed by atoms with Gasteiger partial charge in [-0.3, -0.25) is 4.79 Å². The van der Waals surface area contributed by atoms with E-state index in [1.807, 2.05) is 44.2 Å². The van der Waals surface area contributed by atoms with Crippen LogP contribution in [-0.2, 0) is 19.9 Å². The van der Waals surface area contributed by atoms with Gasteiger partial charge in [-0.25, -0.2) is 0 Å². The summed E-state index contributed by atoms with van der Waals surface area (Å²) in [5, 5.41) is 2.87. The summed E-state index contributed by atoms with van der Waals surface area (Å²) in [6, 6.07) is 9.94. The van der Waals surface area contributed by atoms with Crippen molar-refractivity contribution in [1.29, 1.82) is 0 Å². The Kier molecular flexibility index (Phi) is 6.53. The van der Waals surface area contributed by atoms with Gasteiger partial charge in [-0.1, -0.05) is 37.3 Å². The smallest absolute Gasteiger partial charge is 0.246 e. The Morgan fingerprint density at radius 2 is 1.95 bits per heavy atom. The van der Waals surface area contributed by atoms with E-state index >= 15 is 0 Å². The molecule has 0 unspecified atom stereocenters. The van der Waals surface area contributed by atoms with Gasteiger partial charge < -0.3 is 14.8 Å². The van der Waals surface area contributed by atoms with E-state index in [1.54, 1.807) is 7.11 Å². The molecule has 0 aromatic heterocycles. The molecular weight excluding hydrogens is 242 g/mol. The molecule has 0 aliphatic rings. The number of benzene rings is 1. The zero-order valence-electron chi connectivity index (χ0n) is 11.9. The van der Waals surface area contributed by atoms with Crippen molar-refractivity contribution >= 4 is 5.91 Å². The van der Waals surface area contributed by atoms with Crippen molar-refractivity contribution < 1.29 is 14.3 Å². The lowest BCUT2D eigenvalue weighted by atomic mass is 9.90. The molecule has 1 aromatic rings. The third kappa shape index (κ3) is 4.33. The predicted molar refractivity (Wildman–Crippen MR) is 74.9 cm³/mol. The quantitative estimate of drug-likeness (QED) is 0.783. The van der Waals surface area contributed by atoms with Crippen LogP contribution < -0.4 is 5.32 Å².